The predicted molar refractivity (Wildman–Crippen MR) is 86.3 cm³/mol. The van der Waals surface area contributed by atoms with Gasteiger partial charge in [0, 0.05) is 4.47 Å². The van der Waals surface area contributed by atoms with Gasteiger partial charge in [-0.3, -0.25) is 4.79 Å². The minimum atomic E-state index is -0.306. The normalized spacial score (nSPS) is 10.5. The molecule has 1 aromatic heterocycles. The lowest BCUT2D eigenvalue weighted by Gasteiger charge is -2.11. The second kappa shape index (κ2) is 6.25. The lowest BCUT2D eigenvalue weighted by molar-refractivity contribution is 0.102. The quantitative estimate of drug-likeness (QED) is 0.759. The van der Waals surface area contributed by atoms with Crippen LogP contribution in [-0.4, -0.2) is 26.1 Å². The topological polar surface area (TPSA) is 72.7 Å². The lowest BCUT2D eigenvalue weighted by atomic mass is 10.1. The number of carbonyl (C=O) groups is 1. The highest BCUT2D eigenvalue weighted by Crippen LogP contribution is 2.24. The van der Waals surface area contributed by atoms with Gasteiger partial charge in [0.15, 0.2) is 0 Å². The van der Waals surface area contributed by atoms with Crippen molar-refractivity contribution in [2.45, 2.75) is 0 Å². The standard InChI is InChI=1S/C14H9BrClN5O/c15-9-5-6-13(21-8-17-19-20-21)10(7-9)14(22)18-12-4-2-1-3-11(12)16/h1-8H,(H,18,22). The highest BCUT2D eigenvalue weighted by Gasteiger charge is 2.15. The van der Waals surface area contributed by atoms with Crippen LogP contribution in [0.2, 0.25) is 5.02 Å². The zero-order chi connectivity index (χ0) is 15.5. The van der Waals surface area contributed by atoms with Gasteiger partial charge in [0.05, 0.1) is 22.0 Å². The number of halogens is 2. The maximum atomic E-state index is 12.6. The third-order valence-corrected chi connectivity index (χ3v) is 3.74. The number of rotatable bonds is 3. The summed E-state index contributed by atoms with van der Waals surface area (Å²) in [6, 6.07) is 12.3. The van der Waals surface area contributed by atoms with E-state index in [1.165, 1.54) is 11.0 Å². The summed E-state index contributed by atoms with van der Waals surface area (Å²) in [5.74, 6) is -0.306. The number of benzene rings is 2. The van der Waals surface area contributed by atoms with Gasteiger partial charge in [0.25, 0.3) is 5.91 Å². The van der Waals surface area contributed by atoms with Gasteiger partial charge in [-0.15, -0.1) is 5.10 Å². The van der Waals surface area contributed by atoms with Crippen LogP contribution in [0, 0.1) is 0 Å². The molecule has 3 aromatic rings. The van der Waals surface area contributed by atoms with Crippen LogP contribution >= 0.6 is 27.5 Å². The molecule has 110 valence electrons. The first-order valence-corrected chi connectivity index (χ1v) is 7.41. The largest absolute Gasteiger partial charge is 0.321 e. The first kappa shape index (κ1) is 14.7. The van der Waals surface area contributed by atoms with Crippen molar-refractivity contribution >= 4 is 39.1 Å². The van der Waals surface area contributed by atoms with Crippen LogP contribution in [0.5, 0.6) is 0 Å². The fourth-order valence-corrected chi connectivity index (χ4v) is 2.46. The van der Waals surface area contributed by atoms with E-state index in [9.17, 15) is 4.79 Å². The van der Waals surface area contributed by atoms with E-state index in [2.05, 4.69) is 36.8 Å². The van der Waals surface area contributed by atoms with Gasteiger partial charge in [0.2, 0.25) is 0 Å². The Kier molecular flexibility index (Phi) is 4.17. The van der Waals surface area contributed by atoms with E-state index < -0.39 is 0 Å². The average molecular weight is 379 g/mol. The summed E-state index contributed by atoms with van der Waals surface area (Å²) in [4.78, 5) is 12.6. The van der Waals surface area contributed by atoms with Crippen molar-refractivity contribution in [2.24, 2.45) is 0 Å². The van der Waals surface area contributed by atoms with Crippen molar-refractivity contribution in [3.63, 3.8) is 0 Å². The summed E-state index contributed by atoms with van der Waals surface area (Å²) in [6.45, 7) is 0. The predicted octanol–water partition coefficient (Wildman–Crippen LogP) is 3.33. The molecule has 2 aromatic carbocycles. The summed E-state index contributed by atoms with van der Waals surface area (Å²) in [7, 11) is 0. The van der Waals surface area contributed by atoms with Gasteiger partial charge in [-0.2, -0.15) is 4.68 Å². The average Bonchev–Trinajstić information content (AvgIpc) is 3.03. The summed E-state index contributed by atoms with van der Waals surface area (Å²) < 4.78 is 2.20. The van der Waals surface area contributed by atoms with Crippen molar-refractivity contribution in [3.8, 4) is 5.69 Å². The molecule has 0 radical (unpaired) electrons. The number of hydrogen-bond acceptors (Lipinski definition) is 4. The Hall–Kier alpha value is -2.25. The van der Waals surface area contributed by atoms with Crippen molar-refractivity contribution < 1.29 is 4.79 Å². The van der Waals surface area contributed by atoms with Gasteiger partial charge in [-0.05, 0) is 40.8 Å². The molecule has 0 fully saturated rings. The number of anilines is 1. The number of tetrazole rings is 1. The fraction of sp³-hybridized carbons (Fsp3) is 0. The molecule has 0 aliphatic carbocycles. The minimum Gasteiger partial charge on any atom is -0.321 e. The molecule has 1 N–H and O–H groups in total. The lowest BCUT2D eigenvalue weighted by Crippen LogP contribution is -2.15. The third-order valence-electron chi connectivity index (χ3n) is 2.92. The summed E-state index contributed by atoms with van der Waals surface area (Å²) >= 11 is 9.43. The molecule has 0 bridgehead atoms. The number of para-hydroxylation sites is 1. The molecule has 0 saturated carbocycles. The van der Waals surface area contributed by atoms with E-state index >= 15 is 0 Å². The van der Waals surface area contributed by atoms with Gasteiger partial charge in [-0.25, -0.2) is 0 Å². The Labute approximate surface area is 139 Å². The molecule has 3 rings (SSSR count). The van der Waals surface area contributed by atoms with E-state index in [4.69, 9.17) is 11.6 Å². The van der Waals surface area contributed by atoms with E-state index in [-0.39, 0.29) is 5.91 Å². The molecule has 6 nitrogen and oxygen atoms in total. The molecule has 22 heavy (non-hydrogen) atoms. The monoisotopic (exact) mass is 377 g/mol. The first-order chi connectivity index (χ1) is 10.6. The SMILES string of the molecule is O=C(Nc1ccccc1Cl)c1cc(Br)ccc1-n1cnnn1. The molecule has 0 aliphatic heterocycles. The maximum Gasteiger partial charge on any atom is 0.257 e. The van der Waals surface area contributed by atoms with Crippen LogP contribution in [-0.2, 0) is 0 Å². The van der Waals surface area contributed by atoms with Crippen molar-refractivity contribution in [2.75, 3.05) is 5.32 Å². The minimum absolute atomic E-state index is 0.306. The van der Waals surface area contributed by atoms with Crippen LogP contribution in [0.3, 0.4) is 0 Å². The molecular weight excluding hydrogens is 370 g/mol. The fourth-order valence-electron chi connectivity index (χ4n) is 1.91. The van der Waals surface area contributed by atoms with Crippen molar-refractivity contribution in [1.29, 1.82) is 0 Å². The molecule has 1 amide bonds. The molecule has 0 atom stereocenters. The number of nitrogens with zero attached hydrogens (tertiary/aromatic N) is 4. The second-order valence-corrected chi connectivity index (χ2v) is 5.67. The third kappa shape index (κ3) is 3.00. The number of nitrogens with one attached hydrogen (secondary N) is 1. The van der Waals surface area contributed by atoms with Crippen LogP contribution in [0.15, 0.2) is 53.3 Å². The molecule has 0 saturated heterocycles. The number of hydrogen-bond donors (Lipinski definition) is 1. The van der Waals surface area contributed by atoms with Gasteiger partial charge in [-0.1, -0.05) is 39.7 Å². The maximum absolute atomic E-state index is 12.6. The van der Waals surface area contributed by atoms with Crippen molar-refractivity contribution in [3.05, 3.63) is 63.9 Å². The molecule has 0 aliphatic rings. The molecule has 8 heteroatoms. The zero-order valence-corrected chi connectivity index (χ0v) is 13.4. The number of aromatic nitrogens is 4. The van der Waals surface area contributed by atoms with Crippen LogP contribution in [0.1, 0.15) is 10.4 Å². The smallest absolute Gasteiger partial charge is 0.257 e. The first-order valence-electron chi connectivity index (χ1n) is 6.24. The van der Waals surface area contributed by atoms with E-state index in [0.29, 0.717) is 22.0 Å². The number of amides is 1. The van der Waals surface area contributed by atoms with E-state index in [1.807, 2.05) is 6.07 Å². The van der Waals surface area contributed by atoms with Gasteiger partial charge >= 0.3 is 0 Å². The number of carbonyl (C=O) groups excluding carboxylic acids is 1. The molecular formula is C14H9BrClN5O. The Balaban J connectivity index is 1.99. The summed E-state index contributed by atoms with van der Waals surface area (Å²) in [5, 5.41) is 14.2. The van der Waals surface area contributed by atoms with Gasteiger partial charge < -0.3 is 5.32 Å². The van der Waals surface area contributed by atoms with Gasteiger partial charge in [0.1, 0.15) is 6.33 Å². The summed E-state index contributed by atoms with van der Waals surface area (Å²) in [6.07, 6.45) is 1.43. The molecule has 0 spiro atoms. The van der Waals surface area contributed by atoms with Crippen molar-refractivity contribution in [1.82, 2.24) is 20.2 Å². The Morgan fingerprint density at radius 3 is 2.77 bits per heavy atom. The Bertz CT molecular complexity index is 822. The second-order valence-electron chi connectivity index (χ2n) is 4.35. The van der Waals surface area contributed by atoms with E-state index in [0.717, 1.165) is 4.47 Å². The Morgan fingerprint density at radius 1 is 1.23 bits per heavy atom. The highest BCUT2D eigenvalue weighted by molar-refractivity contribution is 9.10. The van der Waals surface area contributed by atoms with Crippen LogP contribution < -0.4 is 5.32 Å². The Morgan fingerprint density at radius 2 is 2.05 bits per heavy atom. The van der Waals surface area contributed by atoms with E-state index in [1.54, 1.807) is 36.4 Å². The highest BCUT2D eigenvalue weighted by atomic mass is 79.9. The van der Waals surface area contributed by atoms with Crippen LogP contribution in [0.4, 0.5) is 5.69 Å². The molecule has 0 unspecified atom stereocenters. The molecule has 1 heterocycles. The summed E-state index contributed by atoms with van der Waals surface area (Å²) in [5.41, 5.74) is 1.52. The van der Waals surface area contributed by atoms with Crippen LogP contribution in [0.25, 0.3) is 5.69 Å². The zero-order valence-electron chi connectivity index (χ0n) is 11.1.